The van der Waals surface area contributed by atoms with E-state index in [1.807, 2.05) is 0 Å². The third kappa shape index (κ3) is 3.54. The smallest absolute Gasteiger partial charge is 0.150 e. The Morgan fingerprint density at radius 2 is 2.09 bits per heavy atom. The van der Waals surface area contributed by atoms with Gasteiger partial charge in [-0.25, -0.2) is 8.42 Å². The molecule has 0 amide bonds. The van der Waals surface area contributed by atoms with Crippen molar-refractivity contribution in [2.75, 3.05) is 18.1 Å². The Morgan fingerprint density at radius 1 is 1.27 bits per heavy atom. The van der Waals surface area contributed by atoms with Gasteiger partial charge in [-0.15, -0.1) is 0 Å². The lowest BCUT2D eigenvalue weighted by Gasteiger charge is -2.28. The first-order valence-electron chi connectivity index (χ1n) is 8.51. The van der Waals surface area contributed by atoms with Crippen molar-refractivity contribution in [1.82, 2.24) is 5.32 Å². The molecule has 1 aliphatic carbocycles. The average Bonchev–Trinajstić information content (AvgIpc) is 2.83. The van der Waals surface area contributed by atoms with E-state index in [-0.39, 0.29) is 0 Å². The molecule has 0 spiro atoms. The van der Waals surface area contributed by atoms with Crippen molar-refractivity contribution in [1.29, 1.82) is 0 Å². The van der Waals surface area contributed by atoms with Gasteiger partial charge in [0.1, 0.15) is 0 Å². The minimum absolute atomic E-state index is 0.295. The lowest BCUT2D eigenvalue weighted by molar-refractivity contribution is 0.417. The van der Waals surface area contributed by atoms with Gasteiger partial charge in [0.2, 0.25) is 0 Å². The molecule has 1 N–H and O–H groups in total. The van der Waals surface area contributed by atoms with Crippen LogP contribution in [-0.4, -0.2) is 26.5 Å². The summed E-state index contributed by atoms with van der Waals surface area (Å²) in [6.45, 7) is 5.29. The van der Waals surface area contributed by atoms with E-state index in [1.54, 1.807) is 0 Å². The molecule has 2 aliphatic rings. The zero-order valence-corrected chi connectivity index (χ0v) is 14.5. The van der Waals surface area contributed by atoms with Crippen LogP contribution in [0.4, 0.5) is 0 Å². The zero-order chi connectivity index (χ0) is 15.7. The lowest BCUT2D eigenvalue weighted by Crippen LogP contribution is -2.30. The summed E-state index contributed by atoms with van der Waals surface area (Å²) in [7, 11) is -2.77. The van der Waals surface area contributed by atoms with Crippen LogP contribution < -0.4 is 5.32 Å². The van der Waals surface area contributed by atoms with E-state index in [1.165, 1.54) is 29.5 Å². The Morgan fingerprint density at radius 3 is 2.77 bits per heavy atom. The van der Waals surface area contributed by atoms with Crippen molar-refractivity contribution in [2.24, 2.45) is 5.92 Å². The molecule has 4 heteroatoms. The molecule has 1 heterocycles. The quantitative estimate of drug-likeness (QED) is 0.926. The van der Waals surface area contributed by atoms with Gasteiger partial charge in [-0.3, -0.25) is 0 Å². The number of hydrogen-bond donors (Lipinski definition) is 1. The van der Waals surface area contributed by atoms with Gasteiger partial charge in [0.05, 0.1) is 11.5 Å². The molecule has 0 radical (unpaired) electrons. The molecule has 3 rings (SSSR count). The first kappa shape index (κ1) is 16.0. The van der Waals surface area contributed by atoms with Crippen molar-refractivity contribution in [2.45, 2.75) is 51.5 Å². The minimum atomic E-state index is -2.77. The van der Waals surface area contributed by atoms with Gasteiger partial charge in [-0.1, -0.05) is 32.0 Å². The number of hydrogen-bond acceptors (Lipinski definition) is 3. The van der Waals surface area contributed by atoms with Crippen molar-refractivity contribution in [3.8, 4) is 0 Å². The predicted molar refractivity (Wildman–Crippen MR) is 91.0 cm³/mol. The van der Waals surface area contributed by atoms with Crippen LogP contribution in [0.5, 0.6) is 0 Å². The molecule has 0 unspecified atom stereocenters. The van der Waals surface area contributed by atoms with Crippen molar-refractivity contribution in [3.63, 3.8) is 0 Å². The van der Waals surface area contributed by atoms with E-state index < -0.39 is 9.84 Å². The molecule has 1 aliphatic heterocycles. The molecule has 0 saturated carbocycles. The summed E-state index contributed by atoms with van der Waals surface area (Å²) in [6.07, 6.45) is 4.37. The van der Waals surface area contributed by atoms with Crippen LogP contribution in [-0.2, 0) is 16.3 Å². The number of aryl methyl sites for hydroxylation is 1. The van der Waals surface area contributed by atoms with Gasteiger partial charge < -0.3 is 5.32 Å². The van der Waals surface area contributed by atoms with Crippen molar-refractivity contribution < 1.29 is 8.42 Å². The van der Waals surface area contributed by atoms with Crippen LogP contribution in [0.15, 0.2) is 18.2 Å². The molecule has 122 valence electrons. The van der Waals surface area contributed by atoms with Crippen LogP contribution in [0.25, 0.3) is 0 Å². The SMILES string of the molecule is CC(C)c1ccc2c(c1)[C@@H](NC[C@H]1CCS(=O)(=O)C1)CCC2. The van der Waals surface area contributed by atoms with E-state index in [2.05, 4.69) is 37.4 Å². The summed E-state index contributed by atoms with van der Waals surface area (Å²) in [4.78, 5) is 0. The van der Waals surface area contributed by atoms with Crippen molar-refractivity contribution in [3.05, 3.63) is 34.9 Å². The maximum Gasteiger partial charge on any atom is 0.150 e. The molecule has 1 saturated heterocycles. The van der Waals surface area contributed by atoms with E-state index >= 15 is 0 Å². The molecule has 2 atom stereocenters. The van der Waals surface area contributed by atoms with Crippen LogP contribution in [0, 0.1) is 5.92 Å². The molecule has 0 aromatic heterocycles. The Bertz CT molecular complexity index is 636. The second-order valence-corrected chi connectivity index (χ2v) is 9.46. The summed E-state index contributed by atoms with van der Waals surface area (Å²) in [5.74, 6) is 1.58. The topological polar surface area (TPSA) is 46.2 Å². The molecule has 1 aromatic rings. The minimum Gasteiger partial charge on any atom is -0.310 e. The Kier molecular flexibility index (Phi) is 4.60. The molecule has 1 aromatic carbocycles. The zero-order valence-electron chi connectivity index (χ0n) is 13.6. The Labute approximate surface area is 134 Å². The van der Waals surface area contributed by atoms with Gasteiger partial charge >= 0.3 is 0 Å². The average molecular weight is 321 g/mol. The molecular weight excluding hydrogens is 294 g/mol. The highest BCUT2D eigenvalue weighted by molar-refractivity contribution is 7.91. The standard InChI is InChI=1S/C18H27NO2S/c1-13(2)16-7-6-15-4-3-5-18(17(15)10-16)19-11-14-8-9-22(20,21)12-14/h6-7,10,13-14,18-19H,3-5,8-9,11-12H2,1-2H3/t14-,18+/m1/s1. The fourth-order valence-corrected chi connectivity index (χ4v) is 5.59. The normalized spacial score (nSPS) is 27.0. The fraction of sp³-hybridized carbons (Fsp3) is 0.667. The summed E-state index contributed by atoms with van der Waals surface area (Å²) in [5.41, 5.74) is 4.31. The highest BCUT2D eigenvalue weighted by Crippen LogP contribution is 2.32. The first-order valence-corrected chi connectivity index (χ1v) is 10.3. The van der Waals surface area contributed by atoms with E-state index in [0.717, 1.165) is 19.4 Å². The Hall–Kier alpha value is -0.870. The maximum absolute atomic E-state index is 11.6. The highest BCUT2D eigenvalue weighted by Gasteiger charge is 2.29. The van der Waals surface area contributed by atoms with Crippen LogP contribution in [0.3, 0.4) is 0 Å². The predicted octanol–water partition coefficient (Wildman–Crippen LogP) is 3.21. The second kappa shape index (κ2) is 6.32. The number of sulfone groups is 1. The molecule has 0 bridgehead atoms. The third-order valence-corrected chi connectivity index (χ3v) is 6.97. The summed E-state index contributed by atoms with van der Waals surface area (Å²) in [6, 6.07) is 7.31. The largest absolute Gasteiger partial charge is 0.310 e. The highest BCUT2D eigenvalue weighted by atomic mass is 32.2. The third-order valence-electron chi connectivity index (χ3n) is 5.13. The van der Waals surface area contributed by atoms with E-state index in [4.69, 9.17) is 0 Å². The molecular formula is C18H27NO2S. The van der Waals surface area contributed by atoms with Crippen molar-refractivity contribution >= 4 is 9.84 Å². The summed E-state index contributed by atoms with van der Waals surface area (Å²) in [5, 5.41) is 3.66. The van der Waals surface area contributed by atoms with Crippen LogP contribution in [0.1, 0.15) is 61.8 Å². The van der Waals surface area contributed by atoms with Gasteiger partial charge in [-0.2, -0.15) is 0 Å². The van der Waals surface area contributed by atoms with Gasteiger partial charge in [0.15, 0.2) is 9.84 Å². The van der Waals surface area contributed by atoms with Gasteiger partial charge in [0, 0.05) is 6.04 Å². The van der Waals surface area contributed by atoms with Gasteiger partial charge in [-0.05, 0) is 60.8 Å². The fourth-order valence-electron chi connectivity index (χ4n) is 3.73. The molecule has 3 nitrogen and oxygen atoms in total. The number of benzene rings is 1. The first-order chi connectivity index (χ1) is 10.4. The maximum atomic E-state index is 11.6. The molecule has 1 fully saturated rings. The van der Waals surface area contributed by atoms with E-state index in [9.17, 15) is 8.42 Å². The number of rotatable bonds is 4. The van der Waals surface area contributed by atoms with Gasteiger partial charge in [0.25, 0.3) is 0 Å². The number of fused-ring (bicyclic) bond motifs is 1. The monoisotopic (exact) mass is 321 g/mol. The summed E-state index contributed by atoms with van der Waals surface area (Å²) >= 11 is 0. The second-order valence-electron chi connectivity index (χ2n) is 7.24. The molecule has 22 heavy (non-hydrogen) atoms. The van der Waals surface area contributed by atoms with Crippen LogP contribution in [0.2, 0.25) is 0 Å². The Balaban J connectivity index is 1.70. The van der Waals surface area contributed by atoms with Crippen LogP contribution >= 0.6 is 0 Å². The van der Waals surface area contributed by atoms with E-state index in [0.29, 0.717) is 29.4 Å². The summed E-state index contributed by atoms with van der Waals surface area (Å²) < 4.78 is 23.2. The lowest BCUT2D eigenvalue weighted by atomic mass is 9.85. The number of nitrogens with one attached hydrogen (secondary N) is 1.